The van der Waals surface area contributed by atoms with Crippen molar-refractivity contribution >= 4 is 11.8 Å². The quantitative estimate of drug-likeness (QED) is 0.917. The SMILES string of the molecule is Cc1ccccc1-n1nc(C(=O)N2CCC(C(N)=O)CC2)nc1C. The van der Waals surface area contributed by atoms with E-state index in [2.05, 4.69) is 10.1 Å². The third kappa shape index (κ3) is 3.02. The Bertz CT molecular complexity index is 775. The number of aryl methyl sites for hydroxylation is 2. The number of primary amides is 1. The summed E-state index contributed by atoms with van der Waals surface area (Å²) in [7, 11) is 0. The number of hydrogen-bond donors (Lipinski definition) is 1. The average Bonchev–Trinajstić information content (AvgIpc) is 2.96. The molecule has 1 fully saturated rings. The molecule has 1 saturated heterocycles. The smallest absolute Gasteiger partial charge is 0.293 e. The van der Waals surface area contributed by atoms with Gasteiger partial charge in [0.05, 0.1) is 5.69 Å². The molecule has 24 heavy (non-hydrogen) atoms. The summed E-state index contributed by atoms with van der Waals surface area (Å²) < 4.78 is 1.69. The van der Waals surface area contributed by atoms with Gasteiger partial charge in [0.1, 0.15) is 5.82 Å². The summed E-state index contributed by atoms with van der Waals surface area (Å²) in [5.41, 5.74) is 7.30. The van der Waals surface area contributed by atoms with Crippen LogP contribution in [0.4, 0.5) is 0 Å². The highest BCUT2D eigenvalue weighted by atomic mass is 16.2. The molecule has 1 aliphatic heterocycles. The summed E-state index contributed by atoms with van der Waals surface area (Å²) in [4.78, 5) is 29.9. The van der Waals surface area contributed by atoms with Gasteiger partial charge in [-0.05, 0) is 38.3 Å². The Morgan fingerprint density at radius 1 is 1.17 bits per heavy atom. The van der Waals surface area contributed by atoms with Crippen LogP contribution in [0.15, 0.2) is 24.3 Å². The molecule has 0 saturated carbocycles. The van der Waals surface area contributed by atoms with Crippen molar-refractivity contribution in [3.63, 3.8) is 0 Å². The zero-order valence-corrected chi connectivity index (χ0v) is 13.9. The molecular formula is C17H21N5O2. The molecule has 2 amide bonds. The molecule has 7 heteroatoms. The fraction of sp³-hybridized carbons (Fsp3) is 0.412. The predicted molar refractivity (Wildman–Crippen MR) is 88.7 cm³/mol. The Morgan fingerprint density at radius 3 is 2.46 bits per heavy atom. The largest absolute Gasteiger partial charge is 0.369 e. The van der Waals surface area contributed by atoms with Crippen LogP contribution < -0.4 is 5.73 Å². The number of aromatic nitrogens is 3. The van der Waals surface area contributed by atoms with Crippen molar-refractivity contribution in [2.75, 3.05) is 13.1 Å². The summed E-state index contributed by atoms with van der Waals surface area (Å²) >= 11 is 0. The fourth-order valence-corrected chi connectivity index (χ4v) is 3.02. The fourth-order valence-electron chi connectivity index (χ4n) is 3.02. The summed E-state index contributed by atoms with van der Waals surface area (Å²) in [5, 5.41) is 4.39. The lowest BCUT2D eigenvalue weighted by molar-refractivity contribution is -0.123. The first kappa shape index (κ1) is 16.2. The van der Waals surface area contributed by atoms with Crippen LogP contribution in [0.5, 0.6) is 0 Å². The lowest BCUT2D eigenvalue weighted by Crippen LogP contribution is -2.42. The van der Waals surface area contributed by atoms with Gasteiger partial charge >= 0.3 is 0 Å². The van der Waals surface area contributed by atoms with Crippen molar-refractivity contribution in [3.8, 4) is 5.69 Å². The summed E-state index contributed by atoms with van der Waals surface area (Å²) in [6.45, 7) is 4.83. The minimum absolute atomic E-state index is 0.145. The van der Waals surface area contributed by atoms with Crippen LogP contribution in [-0.2, 0) is 4.79 Å². The van der Waals surface area contributed by atoms with Crippen LogP contribution in [0.25, 0.3) is 5.69 Å². The minimum Gasteiger partial charge on any atom is -0.369 e. The molecule has 0 unspecified atom stereocenters. The van der Waals surface area contributed by atoms with E-state index in [1.807, 2.05) is 38.1 Å². The van der Waals surface area contributed by atoms with Gasteiger partial charge in [-0.3, -0.25) is 9.59 Å². The average molecular weight is 327 g/mol. The molecule has 1 aromatic heterocycles. The first-order valence-electron chi connectivity index (χ1n) is 8.05. The van der Waals surface area contributed by atoms with Crippen molar-refractivity contribution in [1.29, 1.82) is 0 Å². The van der Waals surface area contributed by atoms with Gasteiger partial charge in [-0.2, -0.15) is 0 Å². The summed E-state index contributed by atoms with van der Waals surface area (Å²) in [5.74, 6) is 0.217. The molecule has 126 valence electrons. The molecule has 2 heterocycles. The third-order valence-corrected chi connectivity index (χ3v) is 4.49. The highest BCUT2D eigenvalue weighted by molar-refractivity contribution is 5.90. The van der Waals surface area contributed by atoms with E-state index in [4.69, 9.17) is 5.73 Å². The molecule has 2 N–H and O–H groups in total. The summed E-state index contributed by atoms with van der Waals surface area (Å²) in [6, 6.07) is 7.83. The van der Waals surface area contributed by atoms with Crippen LogP contribution >= 0.6 is 0 Å². The summed E-state index contributed by atoms with van der Waals surface area (Å²) in [6.07, 6.45) is 1.19. The minimum atomic E-state index is -0.292. The Morgan fingerprint density at radius 2 is 1.83 bits per heavy atom. The van der Waals surface area contributed by atoms with E-state index >= 15 is 0 Å². The number of likely N-dealkylation sites (tertiary alicyclic amines) is 1. The van der Waals surface area contributed by atoms with Gasteiger partial charge in [-0.1, -0.05) is 18.2 Å². The second-order valence-electron chi connectivity index (χ2n) is 6.15. The number of carbonyl (C=O) groups is 2. The molecule has 0 spiro atoms. The number of para-hydroxylation sites is 1. The Hall–Kier alpha value is -2.70. The number of hydrogen-bond acceptors (Lipinski definition) is 4. The number of benzene rings is 1. The molecule has 0 atom stereocenters. The molecule has 0 radical (unpaired) electrons. The van der Waals surface area contributed by atoms with Gasteiger partial charge in [0.25, 0.3) is 5.91 Å². The number of nitrogens with zero attached hydrogens (tertiary/aromatic N) is 4. The lowest BCUT2D eigenvalue weighted by atomic mass is 9.96. The van der Waals surface area contributed by atoms with Crippen molar-refractivity contribution < 1.29 is 9.59 Å². The zero-order chi connectivity index (χ0) is 17.3. The van der Waals surface area contributed by atoms with Gasteiger partial charge in [-0.25, -0.2) is 9.67 Å². The van der Waals surface area contributed by atoms with Crippen molar-refractivity contribution in [2.24, 2.45) is 11.7 Å². The third-order valence-electron chi connectivity index (χ3n) is 4.49. The van der Waals surface area contributed by atoms with E-state index in [9.17, 15) is 9.59 Å². The molecule has 2 aromatic rings. The van der Waals surface area contributed by atoms with Gasteiger partial charge in [0.15, 0.2) is 0 Å². The number of nitrogens with two attached hydrogens (primary N) is 1. The maximum Gasteiger partial charge on any atom is 0.293 e. The Labute approximate surface area is 140 Å². The molecular weight excluding hydrogens is 306 g/mol. The normalized spacial score (nSPS) is 15.5. The molecule has 0 bridgehead atoms. The van der Waals surface area contributed by atoms with E-state index < -0.39 is 0 Å². The monoisotopic (exact) mass is 327 g/mol. The van der Waals surface area contributed by atoms with E-state index in [1.165, 1.54) is 0 Å². The molecule has 1 aromatic carbocycles. The number of carbonyl (C=O) groups excluding carboxylic acids is 2. The molecule has 3 rings (SSSR count). The number of amides is 2. The highest BCUT2D eigenvalue weighted by Crippen LogP contribution is 2.19. The second-order valence-corrected chi connectivity index (χ2v) is 6.15. The van der Waals surface area contributed by atoms with Crippen molar-refractivity contribution in [1.82, 2.24) is 19.7 Å². The Balaban J connectivity index is 1.79. The molecule has 7 nitrogen and oxygen atoms in total. The highest BCUT2D eigenvalue weighted by Gasteiger charge is 2.28. The van der Waals surface area contributed by atoms with E-state index in [0.29, 0.717) is 31.8 Å². The van der Waals surface area contributed by atoms with E-state index in [1.54, 1.807) is 9.58 Å². The van der Waals surface area contributed by atoms with Crippen LogP contribution in [-0.4, -0.2) is 44.6 Å². The number of rotatable bonds is 3. The van der Waals surface area contributed by atoms with Crippen LogP contribution in [0, 0.1) is 19.8 Å². The number of piperidine rings is 1. The van der Waals surface area contributed by atoms with E-state index in [0.717, 1.165) is 11.3 Å². The second kappa shape index (κ2) is 6.43. The topological polar surface area (TPSA) is 94.1 Å². The lowest BCUT2D eigenvalue weighted by Gasteiger charge is -2.29. The van der Waals surface area contributed by atoms with E-state index in [-0.39, 0.29) is 23.6 Å². The Kier molecular flexibility index (Phi) is 4.33. The maximum absolute atomic E-state index is 12.6. The molecule has 1 aliphatic rings. The van der Waals surface area contributed by atoms with Gasteiger partial charge in [0.2, 0.25) is 11.7 Å². The van der Waals surface area contributed by atoms with Gasteiger partial charge < -0.3 is 10.6 Å². The van der Waals surface area contributed by atoms with Crippen molar-refractivity contribution in [3.05, 3.63) is 41.5 Å². The predicted octanol–water partition coefficient (Wildman–Crippen LogP) is 1.22. The first-order valence-corrected chi connectivity index (χ1v) is 8.05. The maximum atomic E-state index is 12.6. The standard InChI is InChI=1S/C17H21N5O2/c1-11-5-3-4-6-14(11)22-12(2)19-16(20-22)17(24)21-9-7-13(8-10-21)15(18)23/h3-6,13H,7-10H2,1-2H3,(H2,18,23). The van der Waals surface area contributed by atoms with Crippen LogP contribution in [0.3, 0.4) is 0 Å². The van der Waals surface area contributed by atoms with Gasteiger partial charge in [-0.15, -0.1) is 5.10 Å². The first-order chi connectivity index (χ1) is 11.5. The molecule has 0 aliphatic carbocycles. The van der Waals surface area contributed by atoms with Gasteiger partial charge in [0, 0.05) is 19.0 Å². The zero-order valence-electron chi connectivity index (χ0n) is 13.9. The van der Waals surface area contributed by atoms with Crippen molar-refractivity contribution in [2.45, 2.75) is 26.7 Å². The van der Waals surface area contributed by atoms with Crippen LogP contribution in [0.2, 0.25) is 0 Å². The van der Waals surface area contributed by atoms with Crippen LogP contribution in [0.1, 0.15) is 34.8 Å².